The maximum Gasteiger partial charge on any atom is 0.0938 e. The molecular formula is C29H26N4. The van der Waals surface area contributed by atoms with Gasteiger partial charge in [-0.25, -0.2) is 0 Å². The minimum atomic E-state index is 0.866. The van der Waals surface area contributed by atoms with Gasteiger partial charge in [0, 0.05) is 48.3 Å². The number of benzene rings is 3. The third-order valence-corrected chi connectivity index (χ3v) is 6.48. The SMILES string of the molecule is CN1C=CN(c2ccc3c(c2)N(c2cccc(-c4ccccn4)c2)c2ccccc2CC3)C1. The molecular weight excluding hydrogens is 404 g/mol. The fraction of sp³-hybridized carbons (Fsp3) is 0.138. The van der Waals surface area contributed by atoms with Gasteiger partial charge in [-0.15, -0.1) is 0 Å². The van der Waals surface area contributed by atoms with E-state index in [0.717, 1.165) is 36.5 Å². The molecule has 33 heavy (non-hydrogen) atoms. The van der Waals surface area contributed by atoms with Crippen molar-refractivity contribution in [1.82, 2.24) is 9.88 Å². The highest BCUT2D eigenvalue weighted by Crippen LogP contribution is 2.44. The van der Waals surface area contributed by atoms with Crippen LogP contribution in [0.5, 0.6) is 0 Å². The molecule has 0 spiro atoms. The van der Waals surface area contributed by atoms with Gasteiger partial charge in [-0.05, 0) is 66.4 Å². The summed E-state index contributed by atoms with van der Waals surface area (Å²) in [5, 5.41) is 0. The molecule has 6 rings (SSSR count). The van der Waals surface area contributed by atoms with Gasteiger partial charge in [0.2, 0.25) is 0 Å². The van der Waals surface area contributed by atoms with Crippen LogP contribution in [0.1, 0.15) is 11.1 Å². The van der Waals surface area contributed by atoms with E-state index in [1.165, 1.54) is 28.2 Å². The number of para-hydroxylation sites is 1. The Bertz CT molecular complexity index is 1330. The van der Waals surface area contributed by atoms with Crippen LogP contribution in [0.2, 0.25) is 0 Å². The normalized spacial score (nSPS) is 14.8. The van der Waals surface area contributed by atoms with Crippen LogP contribution in [-0.4, -0.2) is 23.6 Å². The number of pyridine rings is 1. The summed E-state index contributed by atoms with van der Waals surface area (Å²) in [5.74, 6) is 0. The van der Waals surface area contributed by atoms with Crippen LogP contribution < -0.4 is 9.80 Å². The predicted octanol–water partition coefficient (Wildman–Crippen LogP) is 6.50. The smallest absolute Gasteiger partial charge is 0.0938 e. The Morgan fingerprint density at radius 3 is 2.36 bits per heavy atom. The standard InChI is InChI=1S/C29H26N4/c1-31-17-18-32(21-31)25-15-14-23-13-12-22-7-2-3-11-28(22)33(29(23)20-25)26-9-6-8-24(19-26)27-10-4-5-16-30-27/h2-11,14-20H,12-13,21H2,1H3. The molecule has 3 heterocycles. The molecule has 0 bridgehead atoms. The lowest BCUT2D eigenvalue weighted by molar-refractivity contribution is 0.496. The van der Waals surface area contributed by atoms with Gasteiger partial charge in [-0.3, -0.25) is 4.98 Å². The van der Waals surface area contributed by atoms with E-state index < -0.39 is 0 Å². The van der Waals surface area contributed by atoms with Crippen molar-refractivity contribution >= 4 is 22.7 Å². The van der Waals surface area contributed by atoms with Crippen LogP contribution in [0, 0.1) is 0 Å². The van der Waals surface area contributed by atoms with Crippen molar-refractivity contribution < 1.29 is 0 Å². The Balaban J connectivity index is 1.52. The van der Waals surface area contributed by atoms with Crippen LogP contribution in [0.15, 0.2) is 104 Å². The van der Waals surface area contributed by atoms with Crippen LogP contribution in [0.25, 0.3) is 11.3 Å². The first kappa shape index (κ1) is 19.6. The molecule has 0 aliphatic carbocycles. The van der Waals surface area contributed by atoms with Crippen molar-refractivity contribution in [3.63, 3.8) is 0 Å². The summed E-state index contributed by atoms with van der Waals surface area (Å²) in [5.41, 5.74) is 9.71. The molecule has 4 heteroatoms. The van der Waals surface area contributed by atoms with E-state index >= 15 is 0 Å². The molecule has 0 N–H and O–H groups in total. The lowest BCUT2D eigenvalue weighted by atomic mass is 10.0. The lowest BCUT2D eigenvalue weighted by Gasteiger charge is -2.29. The summed E-state index contributed by atoms with van der Waals surface area (Å²) < 4.78 is 0. The van der Waals surface area contributed by atoms with Crippen molar-refractivity contribution in [1.29, 1.82) is 0 Å². The molecule has 0 fully saturated rings. The van der Waals surface area contributed by atoms with E-state index in [4.69, 9.17) is 0 Å². The van der Waals surface area contributed by atoms with Gasteiger partial charge < -0.3 is 14.7 Å². The number of aryl methyl sites for hydroxylation is 2. The zero-order valence-electron chi connectivity index (χ0n) is 18.7. The first-order chi connectivity index (χ1) is 16.3. The molecule has 0 saturated carbocycles. The highest BCUT2D eigenvalue weighted by atomic mass is 15.3. The maximum absolute atomic E-state index is 4.58. The molecule has 0 atom stereocenters. The summed E-state index contributed by atoms with van der Waals surface area (Å²) >= 11 is 0. The second-order valence-electron chi connectivity index (χ2n) is 8.71. The maximum atomic E-state index is 4.58. The molecule has 0 amide bonds. The Morgan fingerprint density at radius 1 is 0.697 bits per heavy atom. The number of hydrogen-bond donors (Lipinski definition) is 0. The van der Waals surface area contributed by atoms with Crippen LogP contribution in [0.4, 0.5) is 22.7 Å². The monoisotopic (exact) mass is 430 g/mol. The van der Waals surface area contributed by atoms with Gasteiger partial charge in [0.05, 0.1) is 18.1 Å². The van der Waals surface area contributed by atoms with E-state index in [2.05, 4.69) is 112 Å². The topological polar surface area (TPSA) is 22.6 Å². The number of fused-ring (bicyclic) bond motifs is 2. The van der Waals surface area contributed by atoms with Gasteiger partial charge >= 0.3 is 0 Å². The van der Waals surface area contributed by atoms with E-state index in [1.807, 2.05) is 18.3 Å². The average molecular weight is 431 g/mol. The third kappa shape index (κ3) is 3.64. The fourth-order valence-corrected chi connectivity index (χ4v) is 4.80. The van der Waals surface area contributed by atoms with Crippen molar-refractivity contribution in [2.45, 2.75) is 12.8 Å². The van der Waals surface area contributed by atoms with Gasteiger partial charge in [-0.2, -0.15) is 0 Å². The number of nitrogens with zero attached hydrogens (tertiary/aromatic N) is 4. The number of rotatable bonds is 3. The molecule has 0 unspecified atom stereocenters. The summed E-state index contributed by atoms with van der Waals surface area (Å²) in [6.45, 7) is 0.866. The quantitative estimate of drug-likeness (QED) is 0.370. The van der Waals surface area contributed by atoms with Crippen molar-refractivity contribution in [2.24, 2.45) is 0 Å². The number of anilines is 4. The predicted molar refractivity (Wildman–Crippen MR) is 136 cm³/mol. The average Bonchev–Trinajstić information content (AvgIpc) is 3.23. The van der Waals surface area contributed by atoms with E-state index in [9.17, 15) is 0 Å². The van der Waals surface area contributed by atoms with Gasteiger partial charge in [-0.1, -0.05) is 42.5 Å². The first-order valence-corrected chi connectivity index (χ1v) is 11.4. The summed E-state index contributed by atoms with van der Waals surface area (Å²) in [7, 11) is 2.10. The van der Waals surface area contributed by atoms with Crippen LogP contribution in [-0.2, 0) is 12.8 Å². The van der Waals surface area contributed by atoms with Gasteiger partial charge in [0.15, 0.2) is 0 Å². The van der Waals surface area contributed by atoms with E-state index in [0.29, 0.717) is 0 Å². The van der Waals surface area contributed by atoms with Crippen molar-refractivity contribution in [2.75, 3.05) is 23.5 Å². The van der Waals surface area contributed by atoms with E-state index in [1.54, 1.807) is 0 Å². The molecule has 0 radical (unpaired) electrons. The molecule has 3 aromatic carbocycles. The summed E-state index contributed by atoms with van der Waals surface area (Å²) in [4.78, 5) is 11.5. The van der Waals surface area contributed by atoms with E-state index in [-0.39, 0.29) is 0 Å². The Kier molecular flexibility index (Phi) is 4.84. The Hall–Kier alpha value is -4.05. The molecule has 1 aromatic heterocycles. The Morgan fingerprint density at radius 2 is 1.55 bits per heavy atom. The van der Waals surface area contributed by atoms with Crippen LogP contribution >= 0.6 is 0 Å². The molecule has 162 valence electrons. The third-order valence-electron chi connectivity index (χ3n) is 6.48. The summed E-state index contributed by atoms with van der Waals surface area (Å²) in [6.07, 6.45) is 8.18. The Labute approximate surface area is 195 Å². The second kappa shape index (κ2) is 8.14. The minimum Gasteiger partial charge on any atom is -0.361 e. The summed E-state index contributed by atoms with van der Waals surface area (Å²) in [6, 6.07) is 30.5. The molecule has 0 saturated heterocycles. The van der Waals surface area contributed by atoms with Crippen molar-refractivity contribution in [3.8, 4) is 11.3 Å². The minimum absolute atomic E-state index is 0.866. The highest BCUT2D eigenvalue weighted by molar-refractivity contribution is 5.84. The van der Waals surface area contributed by atoms with Crippen LogP contribution in [0.3, 0.4) is 0 Å². The zero-order valence-corrected chi connectivity index (χ0v) is 18.7. The number of hydrogen-bond acceptors (Lipinski definition) is 4. The first-order valence-electron chi connectivity index (χ1n) is 11.4. The van der Waals surface area contributed by atoms with Gasteiger partial charge in [0.25, 0.3) is 0 Å². The lowest BCUT2D eigenvalue weighted by Crippen LogP contribution is -2.22. The number of aromatic nitrogens is 1. The molecule has 4 aromatic rings. The molecule has 4 nitrogen and oxygen atoms in total. The fourth-order valence-electron chi connectivity index (χ4n) is 4.80. The largest absolute Gasteiger partial charge is 0.361 e. The van der Waals surface area contributed by atoms with Gasteiger partial charge in [0.1, 0.15) is 0 Å². The molecule has 2 aliphatic heterocycles. The van der Waals surface area contributed by atoms with Crippen molar-refractivity contribution in [3.05, 3.63) is 115 Å². The highest BCUT2D eigenvalue weighted by Gasteiger charge is 2.24. The zero-order chi connectivity index (χ0) is 22.2. The molecule has 2 aliphatic rings. The second-order valence-corrected chi connectivity index (χ2v) is 8.71.